The maximum atomic E-state index is 5.21. The number of rotatable bonds is 6. The third-order valence-electron chi connectivity index (χ3n) is 16.5. The summed E-state index contributed by atoms with van der Waals surface area (Å²) in [7, 11) is 0. The minimum Gasteiger partial charge on any atom is -0.312 e. The summed E-state index contributed by atoms with van der Waals surface area (Å²) in [5, 5.41) is 2.29. The lowest BCUT2D eigenvalue weighted by Gasteiger charge is -2.42. The highest BCUT2D eigenvalue weighted by atomic mass is 15.0. The van der Waals surface area contributed by atoms with Crippen LogP contribution < -0.4 is 0 Å². The summed E-state index contributed by atoms with van der Waals surface area (Å²) >= 11 is 0. The Balaban J connectivity index is 0.991. The van der Waals surface area contributed by atoms with Crippen LogP contribution in [0.2, 0.25) is 0 Å². The normalized spacial score (nSPS) is 22.5. The lowest BCUT2D eigenvalue weighted by atomic mass is 9.60. The quantitative estimate of drug-likeness (QED) is 0.167. The minimum absolute atomic E-state index is 0.218. The van der Waals surface area contributed by atoms with E-state index in [-0.39, 0.29) is 17.3 Å². The fraction of sp³-hybridized carbons (Fsp3) is 0.185. The number of allylic oxidation sites excluding steroid dienone is 10. The fourth-order valence-corrected chi connectivity index (χ4v) is 13.2. The molecular formula is C65H52N4. The zero-order chi connectivity index (χ0) is 46.1. The molecule has 0 saturated heterocycles. The van der Waals surface area contributed by atoms with Gasteiger partial charge < -0.3 is 4.57 Å². The molecule has 6 aliphatic rings. The van der Waals surface area contributed by atoms with Gasteiger partial charge in [0.1, 0.15) is 0 Å². The summed E-state index contributed by atoms with van der Waals surface area (Å²) in [6.07, 6.45) is 24.1. The predicted molar refractivity (Wildman–Crippen MR) is 284 cm³/mol. The first-order valence-corrected chi connectivity index (χ1v) is 25.0. The van der Waals surface area contributed by atoms with Gasteiger partial charge in [0.15, 0.2) is 17.5 Å². The first kappa shape index (κ1) is 40.4. The second-order valence-electron chi connectivity index (χ2n) is 20.5. The van der Waals surface area contributed by atoms with Gasteiger partial charge in [-0.15, -0.1) is 0 Å². The van der Waals surface area contributed by atoms with Crippen molar-refractivity contribution in [3.8, 4) is 51.0 Å². The van der Waals surface area contributed by atoms with Crippen LogP contribution in [-0.4, -0.2) is 19.5 Å². The molecule has 6 aliphatic carbocycles. The van der Waals surface area contributed by atoms with E-state index in [2.05, 4.69) is 184 Å². The number of hydrogen-bond acceptors (Lipinski definition) is 3. The first-order valence-electron chi connectivity index (χ1n) is 25.0. The van der Waals surface area contributed by atoms with Crippen molar-refractivity contribution >= 4 is 28.0 Å². The van der Waals surface area contributed by atoms with Gasteiger partial charge in [0.25, 0.3) is 0 Å². The lowest BCUT2D eigenvalue weighted by molar-refractivity contribution is 0.510. The number of nitrogens with zero attached hydrogens (tertiary/aromatic N) is 4. The summed E-state index contributed by atoms with van der Waals surface area (Å²) in [5.74, 6) is 3.67. The second kappa shape index (κ2) is 15.2. The molecule has 69 heavy (non-hydrogen) atoms. The number of aromatic nitrogens is 4. The van der Waals surface area contributed by atoms with E-state index >= 15 is 0 Å². The molecule has 4 nitrogen and oxygen atoms in total. The summed E-state index contributed by atoms with van der Waals surface area (Å²) in [6.45, 7) is 9.80. The molecule has 6 aromatic carbocycles. The van der Waals surface area contributed by atoms with E-state index in [1.807, 2.05) is 36.4 Å². The first-order chi connectivity index (χ1) is 33.8. The molecule has 6 atom stereocenters. The predicted octanol–water partition coefficient (Wildman–Crippen LogP) is 15.9. The van der Waals surface area contributed by atoms with Crippen molar-refractivity contribution in [1.82, 2.24) is 19.5 Å². The number of fused-ring (bicyclic) bond motifs is 7. The smallest absolute Gasteiger partial charge is 0.164 e. The molecule has 0 N–H and O–H groups in total. The van der Waals surface area contributed by atoms with Crippen LogP contribution in [-0.2, 0) is 5.41 Å². The SMILES string of the molecule is CC1C=C(C(C)C2c3ccccc3-c3cc4c(cc32)C2=CCC(C)c3c2c2c(n3-c3ccc(-c5nc(-c6ccccc6)nc(-c6ccccc6)n5)c5ccccc35)C=CC3C=CC=C4C23C)C=CC1. The van der Waals surface area contributed by atoms with E-state index in [0.717, 1.165) is 34.9 Å². The number of hydrogen-bond donors (Lipinski definition) is 0. The van der Waals surface area contributed by atoms with E-state index in [1.165, 1.54) is 83.7 Å². The zero-order valence-corrected chi connectivity index (χ0v) is 39.5. The van der Waals surface area contributed by atoms with E-state index in [0.29, 0.717) is 35.2 Å². The van der Waals surface area contributed by atoms with E-state index in [1.54, 1.807) is 0 Å². The van der Waals surface area contributed by atoms with Crippen LogP contribution in [0.25, 0.3) is 79.0 Å². The average Bonchev–Trinajstić information content (AvgIpc) is 3.89. The molecule has 0 saturated carbocycles. The Kier molecular flexibility index (Phi) is 8.87. The fourth-order valence-electron chi connectivity index (χ4n) is 13.2. The summed E-state index contributed by atoms with van der Waals surface area (Å²) < 4.78 is 2.66. The van der Waals surface area contributed by atoms with Gasteiger partial charge in [0, 0.05) is 56.5 Å². The van der Waals surface area contributed by atoms with Gasteiger partial charge in [-0.25, -0.2) is 15.0 Å². The molecule has 0 amide bonds. The lowest BCUT2D eigenvalue weighted by Crippen LogP contribution is -2.35. The minimum atomic E-state index is -0.287. The van der Waals surface area contributed by atoms with Crippen LogP contribution in [0.4, 0.5) is 0 Å². The molecule has 14 rings (SSSR count). The van der Waals surface area contributed by atoms with Crippen LogP contribution in [0, 0.1) is 17.8 Å². The Labute approximate surface area is 404 Å². The van der Waals surface area contributed by atoms with E-state index < -0.39 is 0 Å². The molecule has 6 unspecified atom stereocenters. The maximum Gasteiger partial charge on any atom is 0.164 e. The highest BCUT2D eigenvalue weighted by molar-refractivity contribution is 6.04. The molecule has 0 aliphatic heterocycles. The largest absolute Gasteiger partial charge is 0.312 e. The molecule has 0 spiro atoms. The topological polar surface area (TPSA) is 43.6 Å². The molecule has 0 fully saturated rings. The van der Waals surface area contributed by atoms with Crippen molar-refractivity contribution in [2.75, 3.05) is 0 Å². The van der Waals surface area contributed by atoms with Crippen LogP contribution in [0.1, 0.15) is 97.1 Å². The van der Waals surface area contributed by atoms with Crippen LogP contribution in [0.5, 0.6) is 0 Å². The Morgan fingerprint density at radius 1 is 0.638 bits per heavy atom. The van der Waals surface area contributed by atoms with E-state index in [4.69, 9.17) is 15.0 Å². The Morgan fingerprint density at radius 2 is 1.35 bits per heavy atom. The maximum absolute atomic E-state index is 5.21. The molecule has 2 aromatic heterocycles. The molecule has 0 bridgehead atoms. The van der Waals surface area contributed by atoms with Crippen molar-refractivity contribution in [1.29, 1.82) is 0 Å². The average molecular weight is 889 g/mol. The molecule has 8 aromatic rings. The van der Waals surface area contributed by atoms with Crippen molar-refractivity contribution in [3.05, 3.63) is 232 Å². The van der Waals surface area contributed by atoms with Crippen LogP contribution in [0.3, 0.4) is 0 Å². The van der Waals surface area contributed by atoms with Gasteiger partial charge in [-0.05, 0) is 116 Å². The van der Waals surface area contributed by atoms with Gasteiger partial charge in [0.05, 0.1) is 11.4 Å². The molecule has 332 valence electrons. The van der Waals surface area contributed by atoms with Crippen molar-refractivity contribution in [3.63, 3.8) is 0 Å². The Hall–Kier alpha value is -7.69. The van der Waals surface area contributed by atoms with Gasteiger partial charge in [-0.2, -0.15) is 0 Å². The third-order valence-corrected chi connectivity index (χ3v) is 16.5. The van der Waals surface area contributed by atoms with Gasteiger partial charge >= 0.3 is 0 Å². The van der Waals surface area contributed by atoms with Crippen molar-refractivity contribution < 1.29 is 0 Å². The molecule has 2 heterocycles. The summed E-state index contributed by atoms with van der Waals surface area (Å²) in [6, 6.07) is 48.5. The Morgan fingerprint density at radius 3 is 2.12 bits per heavy atom. The highest BCUT2D eigenvalue weighted by Crippen LogP contribution is 2.62. The standard InChI is InChI=1S/C65H52N4/c1-38-17-15-22-43(35-38)40(3)58-48-27-14-12-25-46(48)51-36-53-52(37-54(51)58)49-31-29-39(2)61-59(49)60-57(33-30-44-23-16-28-55(53)65(44,60)4)69(61)56-34-32-50(45-24-11-13-26-47(45)56)64-67-62(41-18-7-5-8-19-41)66-63(68-64)42-20-9-6-10-21-42/h5-16,18-28,30-40,44,58H,17,29H2,1-4H3. The van der Waals surface area contributed by atoms with Gasteiger partial charge in [-0.3, -0.25) is 0 Å². The monoisotopic (exact) mass is 888 g/mol. The summed E-state index contributed by atoms with van der Waals surface area (Å²) in [5.41, 5.74) is 22.1. The van der Waals surface area contributed by atoms with Crippen LogP contribution in [0.15, 0.2) is 188 Å². The zero-order valence-electron chi connectivity index (χ0n) is 39.5. The van der Waals surface area contributed by atoms with Gasteiger partial charge in [-0.1, -0.05) is 185 Å². The molecule has 4 heteroatoms. The van der Waals surface area contributed by atoms with Crippen molar-refractivity contribution in [2.45, 2.75) is 57.8 Å². The molecule has 0 radical (unpaired) electrons. The van der Waals surface area contributed by atoms with Crippen LogP contribution >= 0.6 is 0 Å². The van der Waals surface area contributed by atoms with Crippen molar-refractivity contribution in [2.24, 2.45) is 17.8 Å². The third kappa shape index (κ3) is 5.84. The number of benzene rings is 6. The highest BCUT2D eigenvalue weighted by Gasteiger charge is 2.51. The second-order valence-corrected chi connectivity index (χ2v) is 20.5. The molecular weight excluding hydrogens is 837 g/mol. The Bertz CT molecular complexity index is 3630. The van der Waals surface area contributed by atoms with Gasteiger partial charge in [0.2, 0.25) is 0 Å². The van der Waals surface area contributed by atoms with E-state index in [9.17, 15) is 0 Å². The summed E-state index contributed by atoms with van der Waals surface area (Å²) in [4.78, 5) is 15.5.